The summed E-state index contributed by atoms with van der Waals surface area (Å²) in [5, 5.41) is 12.1. The van der Waals surface area contributed by atoms with Crippen molar-refractivity contribution < 1.29 is 18.0 Å². The average molecular weight is 537 g/mol. The molecule has 1 N–H and O–H groups in total. The van der Waals surface area contributed by atoms with Crippen LogP contribution in [0.5, 0.6) is 0 Å². The second-order valence-corrected chi connectivity index (χ2v) is 9.10. The number of thiophene rings is 1. The summed E-state index contributed by atoms with van der Waals surface area (Å²) >= 11 is 13.7. The number of benzene rings is 1. The number of aromatic nitrogens is 5. The third-order valence-corrected chi connectivity index (χ3v) is 6.47. The van der Waals surface area contributed by atoms with Crippen molar-refractivity contribution in [1.29, 1.82) is 0 Å². The SMILES string of the molecule is O=C(Nc1nn(Cc2ccccc2)cc1Cl)c1nn2c(C(F)(F)F)cc(-c3cccs3)nc2c1Cl. The molecule has 0 bridgehead atoms. The summed E-state index contributed by atoms with van der Waals surface area (Å²) in [4.78, 5) is 17.6. The van der Waals surface area contributed by atoms with Crippen LogP contribution >= 0.6 is 34.5 Å². The van der Waals surface area contributed by atoms with Gasteiger partial charge >= 0.3 is 6.18 Å². The van der Waals surface area contributed by atoms with Crippen molar-refractivity contribution in [1.82, 2.24) is 24.4 Å². The van der Waals surface area contributed by atoms with Gasteiger partial charge in [0.2, 0.25) is 0 Å². The Morgan fingerprint density at radius 2 is 1.86 bits per heavy atom. The van der Waals surface area contributed by atoms with Crippen molar-refractivity contribution in [3.05, 3.63) is 87.1 Å². The average Bonchev–Trinajstić information content (AvgIpc) is 3.54. The molecule has 4 heterocycles. The lowest BCUT2D eigenvalue weighted by Crippen LogP contribution is -2.16. The van der Waals surface area contributed by atoms with E-state index in [0.29, 0.717) is 15.9 Å². The fourth-order valence-corrected chi connectivity index (χ4v) is 4.52. The van der Waals surface area contributed by atoms with Crippen molar-refractivity contribution in [3.63, 3.8) is 0 Å². The van der Waals surface area contributed by atoms with Gasteiger partial charge in [0.1, 0.15) is 10.0 Å². The van der Waals surface area contributed by atoms with E-state index in [2.05, 4.69) is 20.5 Å². The van der Waals surface area contributed by atoms with Crippen molar-refractivity contribution >= 4 is 51.9 Å². The number of hydrogen-bond donors (Lipinski definition) is 1. The normalized spacial score (nSPS) is 11.8. The highest BCUT2D eigenvalue weighted by atomic mass is 35.5. The highest BCUT2D eigenvalue weighted by Gasteiger charge is 2.37. The number of carbonyl (C=O) groups excluding carboxylic acids is 1. The van der Waals surface area contributed by atoms with Crippen LogP contribution in [0.1, 0.15) is 21.7 Å². The van der Waals surface area contributed by atoms with Crippen molar-refractivity contribution in [2.75, 3.05) is 5.32 Å². The van der Waals surface area contributed by atoms with Gasteiger partial charge in [0.05, 0.1) is 17.1 Å². The van der Waals surface area contributed by atoms with Crippen molar-refractivity contribution in [2.45, 2.75) is 12.7 Å². The van der Waals surface area contributed by atoms with Gasteiger partial charge in [-0.25, -0.2) is 9.50 Å². The molecule has 35 heavy (non-hydrogen) atoms. The minimum absolute atomic E-state index is 0.0176. The number of amides is 1. The van der Waals surface area contributed by atoms with Crippen LogP contribution < -0.4 is 5.32 Å². The van der Waals surface area contributed by atoms with Crippen molar-refractivity contribution in [3.8, 4) is 10.6 Å². The smallest absolute Gasteiger partial charge is 0.302 e. The molecule has 0 saturated carbocycles. The second-order valence-electron chi connectivity index (χ2n) is 7.36. The van der Waals surface area contributed by atoms with E-state index in [1.165, 1.54) is 22.2 Å². The number of nitrogens with zero attached hydrogens (tertiary/aromatic N) is 5. The fourth-order valence-electron chi connectivity index (χ4n) is 3.39. The highest BCUT2D eigenvalue weighted by Crippen LogP contribution is 2.35. The number of alkyl halides is 3. The molecule has 1 amide bonds. The molecule has 0 spiro atoms. The number of anilines is 1. The van der Waals surface area contributed by atoms with Crippen molar-refractivity contribution in [2.24, 2.45) is 0 Å². The predicted octanol–water partition coefficient (Wildman–Crippen LogP) is 6.28. The summed E-state index contributed by atoms with van der Waals surface area (Å²) in [6.07, 6.45) is -3.25. The first-order valence-corrected chi connectivity index (χ1v) is 11.6. The number of fused-ring (bicyclic) bond motifs is 1. The van der Waals surface area contributed by atoms with E-state index in [-0.39, 0.29) is 27.2 Å². The van der Waals surface area contributed by atoms with Gasteiger partial charge in [-0.3, -0.25) is 9.48 Å². The molecule has 13 heteroatoms. The zero-order valence-corrected chi connectivity index (χ0v) is 19.8. The maximum atomic E-state index is 13.8. The molecular weight excluding hydrogens is 524 g/mol. The van der Waals surface area contributed by atoms with Gasteiger partial charge < -0.3 is 5.32 Å². The van der Waals surface area contributed by atoms with Crippen LogP contribution in [0.3, 0.4) is 0 Å². The van der Waals surface area contributed by atoms with Crippen LogP contribution in [-0.4, -0.2) is 30.3 Å². The standard InChI is InChI=1S/C22H13Cl2F3N6OS/c23-13-11-32(10-12-5-2-1-3-6-12)31-19(13)29-21(34)18-17(24)20-28-14(15-7-4-8-35-15)9-16(22(25,26)27)33(20)30-18/h1-9,11H,10H2,(H,29,31,34). The molecular formula is C22H13Cl2F3N6OS. The summed E-state index contributed by atoms with van der Waals surface area (Å²) in [5.41, 5.74) is -0.828. The van der Waals surface area contributed by atoms with E-state index in [1.807, 2.05) is 30.3 Å². The molecule has 4 aromatic heterocycles. The van der Waals surface area contributed by atoms with E-state index in [9.17, 15) is 18.0 Å². The van der Waals surface area contributed by atoms with Gasteiger partial charge in [0.15, 0.2) is 22.9 Å². The zero-order chi connectivity index (χ0) is 24.7. The van der Waals surface area contributed by atoms with E-state index in [4.69, 9.17) is 23.2 Å². The van der Waals surface area contributed by atoms with E-state index in [0.717, 1.165) is 11.6 Å². The summed E-state index contributed by atoms with van der Waals surface area (Å²) in [6.45, 7) is 0.399. The third kappa shape index (κ3) is 4.62. The molecule has 0 atom stereocenters. The Bertz CT molecular complexity index is 1530. The first-order chi connectivity index (χ1) is 16.7. The minimum Gasteiger partial charge on any atom is -0.302 e. The van der Waals surface area contributed by atoms with Crippen LogP contribution in [0.25, 0.3) is 16.2 Å². The third-order valence-electron chi connectivity index (χ3n) is 4.95. The van der Waals surface area contributed by atoms with Gasteiger partial charge in [-0.15, -0.1) is 11.3 Å². The molecule has 5 rings (SSSR count). The Morgan fingerprint density at radius 3 is 2.54 bits per heavy atom. The lowest BCUT2D eigenvalue weighted by atomic mass is 10.2. The molecule has 0 saturated heterocycles. The molecule has 7 nitrogen and oxygen atoms in total. The van der Waals surface area contributed by atoms with E-state index >= 15 is 0 Å². The lowest BCUT2D eigenvalue weighted by Gasteiger charge is -2.10. The summed E-state index contributed by atoms with van der Waals surface area (Å²) in [7, 11) is 0. The van der Waals surface area contributed by atoms with Crippen LogP contribution in [0.15, 0.2) is 60.1 Å². The Balaban J connectivity index is 1.49. The first kappa shape index (κ1) is 23.3. The van der Waals surface area contributed by atoms with Gasteiger partial charge in [-0.05, 0) is 23.1 Å². The second kappa shape index (κ2) is 8.99. The zero-order valence-electron chi connectivity index (χ0n) is 17.4. The Labute approximate surface area is 209 Å². The predicted molar refractivity (Wildman–Crippen MR) is 127 cm³/mol. The highest BCUT2D eigenvalue weighted by molar-refractivity contribution is 7.13. The molecule has 0 aliphatic rings. The minimum atomic E-state index is -4.77. The molecule has 0 aliphatic heterocycles. The maximum absolute atomic E-state index is 13.8. The van der Waals surface area contributed by atoms with Crippen LogP contribution in [0.4, 0.5) is 19.0 Å². The van der Waals surface area contributed by atoms with Gasteiger partial charge in [-0.2, -0.15) is 23.4 Å². The molecule has 0 radical (unpaired) electrons. The van der Waals surface area contributed by atoms with Gasteiger partial charge in [0, 0.05) is 6.20 Å². The number of rotatable bonds is 5. The Morgan fingerprint density at radius 1 is 1.09 bits per heavy atom. The number of nitrogens with one attached hydrogen (secondary N) is 1. The maximum Gasteiger partial charge on any atom is 0.433 e. The Hall–Kier alpha value is -3.41. The summed E-state index contributed by atoms with van der Waals surface area (Å²) < 4.78 is 43.5. The van der Waals surface area contributed by atoms with Gasteiger partial charge in [0.25, 0.3) is 5.91 Å². The monoisotopic (exact) mass is 536 g/mol. The molecule has 0 aliphatic carbocycles. The number of carbonyl (C=O) groups is 1. The largest absolute Gasteiger partial charge is 0.433 e. The molecule has 0 unspecified atom stereocenters. The van der Waals surface area contributed by atoms with Crippen LogP contribution in [-0.2, 0) is 12.7 Å². The van der Waals surface area contributed by atoms with Crippen LogP contribution in [0.2, 0.25) is 10.0 Å². The molecule has 5 aromatic rings. The lowest BCUT2D eigenvalue weighted by molar-refractivity contribution is -0.142. The number of hydrogen-bond acceptors (Lipinski definition) is 5. The van der Waals surface area contributed by atoms with E-state index in [1.54, 1.807) is 17.5 Å². The quantitative estimate of drug-likeness (QED) is 0.286. The summed E-state index contributed by atoms with van der Waals surface area (Å²) in [5.74, 6) is -0.859. The van der Waals surface area contributed by atoms with Crippen LogP contribution in [0, 0.1) is 0 Å². The topological polar surface area (TPSA) is 77.1 Å². The molecule has 0 fully saturated rings. The summed E-state index contributed by atoms with van der Waals surface area (Å²) in [6, 6.07) is 13.6. The molecule has 1 aromatic carbocycles. The Kier molecular flexibility index (Phi) is 5.99. The first-order valence-electron chi connectivity index (χ1n) is 9.99. The van der Waals surface area contributed by atoms with E-state index < -0.39 is 23.5 Å². The van der Waals surface area contributed by atoms with Gasteiger partial charge in [-0.1, -0.05) is 59.6 Å². The molecule has 178 valence electrons. The number of halogens is 5. The fraction of sp³-hybridized carbons (Fsp3) is 0.0909.